The molecule has 0 N–H and O–H groups in total. The summed E-state index contributed by atoms with van der Waals surface area (Å²) in [4.78, 5) is 0. The second-order valence-corrected chi connectivity index (χ2v) is 5.57. The van der Waals surface area contributed by atoms with Crippen LogP contribution in [0.3, 0.4) is 0 Å². The highest BCUT2D eigenvalue weighted by molar-refractivity contribution is 6.03. The van der Waals surface area contributed by atoms with Crippen molar-refractivity contribution in [2.24, 2.45) is 0 Å². The zero-order valence-electron chi connectivity index (χ0n) is 12.4. The van der Waals surface area contributed by atoms with Gasteiger partial charge in [-0.3, -0.25) is 0 Å². The average Bonchev–Trinajstić information content (AvgIpc) is 2.54. The molecule has 0 spiro atoms. The molecular formula is C21H19. The van der Waals surface area contributed by atoms with Crippen LogP contribution >= 0.6 is 0 Å². The first-order valence-corrected chi connectivity index (χ1v) is 7.67. The Morgan fingerprint density at radius 3 is 2.05 bits per heavy atom. The van der Waals surface area contributed by atoms with Gasteiger partial charge in [0.05, 0.1) is 0 Å². The molecule has 1 radical (unpaired) electrons. The summed E-state index contributed by atoms with van der Waals surface area (Å²) in [5.41, 5.74) is 1.27. The quantitative estimate of drug-likeness (QED) is 0.412. The number of rotatable bonds is 4. The van der Waals surface area contributed by atoms with E-state index in [1.54, 1.807) is 0 Å². The van der Waals surface area contributed by atoms with Crippen LogP contribution in [0, 0.1) is 12.3 Å². The van der Waals surface area contributed by atoms with Crippen LogP contribution in [0.5, 0.6) is 0 Å². The van der Waals surface area contributed by atoms with Crippen molar-refractivity contribution in [2.75, 3.05) is 0 Å². The van der Waals surface area contributed by atoms with Gasteiger partial charge in [-0.15, -0.1) is 0 Å². The third-order valence-electron chi connectivity index (χ3n) is 4.18. The highest BCUT2D eigenvalue weighted by atomic mass is 14.2. The van der Waals surface area contributed by atoms with Crippen LogP contribution in [0.1, 0.15) is 37.7 Å². The maximum Gasteiger partial charge on any atom is 0.0474 e. The lowest BCUT2D eigenvalue weighted by Gasteiger charge is -2.17. The van der Waals surface area contributed by atoms with Gasteiger partial charge in [0.2, 0.25) is 0 Å². The minimum Gasteiger partial charge on any atom is -0.0808 e. The van der Waals surface area contributed by atoms with Crippen molar-refractivity contribution in [2.45, 2.75) is 32.1 Å². The van der Waals surface area contributed by atoms with Gasteiger partial charge in [-0.2, -0.15) is 0 Å². The molecular weight excluding hydrogens is 252 g/mol. The van der Waals surface area contributed by atoms with Crippen molar-refractivity contribution in [3.8, 4) is 5.92 Å². The van der Waals surface area contributed by atoms with Crippen molar-refractivity contribution in [1.29, 1.82) is 0 Å². The van der Waals surface area contributed by atoms with Crippen molar-refractivity contribution in [1.82, 2.24) is 0 Å². The molecule has 0 amide bonds. The largest absolute Gasteiger partial charge is 0.0808 e. The van der Waals surface area contributed by atoms with Gasteiger partial charge in [0, 0.05) is 5.92 Å². The Hall–Kier alpha value is -2.26. The van der Waals surface area contributed by atoms with Crippen LogP contribution < -0.4 is 0 Å². The highest BCUT2D eigenvalue weighted by Gasteiger charge is 2.15. The van der Waals surface area contributed by atoms with E-state index in [1.165, 1.54) is 27.1 Å². The standard InChI is InChI=1S/C21H19/c1-3-5-10-16(4-2)21-19-13-8-6-11-17(19)15-18-12-7-9-14-20(18)21/h6-9,11-16H,3,5,10H2,1H3. The molecule has 0 aliphatic rings. The zero-order valence-corrected chi connectivity index (χ0v) is 12.4. The van der Waals surface area contributed by atoms with Gasteiger partial charge < -0.3 is 0 Å². The van der Waals surface area contributed by atoms with E-state index < -0.39 is 0 Å². The van der Waals surface area contributed by atoms with E-state index in [9.17, 15) is 0 Å². The molecule has 0 aromatic heterocycles. The summed E-state index contributed by atoms with van der Waals surface area (Å²) in [6, 6.07) is 19.2. The Labute approximate surface area is 126 Å². The SMILES string of the molecule is [C]#CC(CCCC)c1c2ccccc2cc2ccccc12. The Morgan fingerprint density at radius 2 is 1.52 bits per heavy atom. The third kappa shape index (κ3) is 2.52. The van der Waals surface area contributed by atoms with Crippen molar-refractivity contribution >= 4 is 21.5 Å². The number of benzene rings is 3. The number of fused-ring (bicyclic) bond motifs is 2. The fourth-order valence-electron chi connectivity index (χ4n) is 3.12. The molecule has 1 unspecified atom stereocenters. The summed E-state index contributed by atoms with van der Waals surface area (Å²) in [7, 11) is 0. The van der Waals surface area contributed by atoms with Crippen LogP contribution in [0.4, 0.5) is 0 Å². The minimum absolute atomic E-state index is 0.0842. The van der Waals surface area contributed by atoms with E-state index in [-0.39, 0.29) is 5.92 Å². The van der Waals surface area contributed by atoms with E-state index in [4.69, 9.17) is 6.42 Å². The van der Waals surface area contributed by atoms with Gasteiger partial charge in [0.15, 0.2) is 0 Å². The molecule has 0 fully saturated rings. The molecule has 0 aliphatic carbocycles. The summed E-state index contributed by atoms with van der Waals surface area (Å²) in [5, 5.41) is 5.03. The molecule has 103 valence electrons. The van der Waals surface area contributed by atoms with Gasteiger partial charge >= 0.3 is 0 Å². The monoisotopic (exact) mass is 271 g/mol. The van der Waals surface area contributed by atoms with Gasteiger partial charge in [0.25, 0.3) is 0 Å². The zero-order chi connectivity index (χ0) is 14.7. The molecule has 21 heavy (non-hydrogen) atoms. The van der Waals surface area contributed by atoms with Crippen LogP contribution in [-0.4, -0.2) is 0 Å². The summed E-state index contributed by atoms with van der Waals surface area (Å²) in [6.45, 7) is 2.20. The molecule has 3 aromatic carbocycles. The lowest BCUT2D eigenvalue weighted by Crippen LogP contribution is -1.99. The average molecular weight is 271 g/mol. The first-order chi connectivity index (χ1) is 10.3. The van der Waals surface area contributed by atoms with Crippen molar-refractivity contribution in [3.05, 3.63) is 66.6 Å². The van der Waals surface area contributed by atoms with Gasteiger partial charge in [-0.1, -0.05) is 74.2 Å². The minimum atomic E-state index is 0.0842. The smallest absolute Gasteiger partial charge is 0.0474 e. The topological polar surface area (TPSA) is 0 Å². The van der Waals surface area contributed by atoms with E-state index in [0.29, 0.717) is 0 Å². The predicted molar refractivity (Wildman–Crippen MR) is 90.9 cm³/mol. The maximum atomic E-state index is 7.78. The van der Waals surface area contributed by atoms with Gasteiger partial charge in [-0.25, -0.2) is 0 Å². The molecule has 0 bridgehead atoms. The number of hydrogen-bond acceptors (Lipinski definition) is 0. The summed E-state index contributed by atoms with van der Waals surface area (Å²) >= 11 is 0. The van der Waals surface area contributed by atoms with Gasteiger partial charge in [0.1, 0.15) is 0 Å². The lowest BCUT2D eigenvalue weighted by atomic mass is 9.86. The van der Waals surface area contributed by atoms with Crippen LogP contribution in [-0.2, 0) is 0 Å². The molecule has 0 heteroatoms. The fourth-order valence-corrected chi connectivity index (χ4v) is 3.12. The van der Waals surface area contributed by atoms with Crippen LogP contribution in [0.2, 0.25) is 0 Å². The maximum absolute atomic E-state index is 7.78. The Kier molecular flexibility index (Phi) is 3.93. The molecule has 0 saturated heterocycles. The van der Waals surface area contributed by atoms with E-state index in [1.807, 2.05) is 0 Å². The molecule has 3 rings (SSSR count). The Morgan fingerprint density at radius 1 is 0.952 bits per heavy atom. The highest BCUT2D eigenvalue weighted by Crippen LogP contribution is 2.35. The summed E-state index contributed by atoms with van der Waals surface area (Å²) in [6.07, 6.45) is 11.1. The second-order valence-electron chi connectivity index (χ2n) is 5.57. The molecule has 3 aromatic rings. The van der Waals surface area contributed by atoms with E-state index >= 15 is 0 Å². The second kappa shape index (κ2) is 6.02. The van der Waals surface area contributed by atoms with Crippen molar-refractivity contribution < 1.29 is 0 Å². The fraction of sp³-hybridized carbons (Fsp3) is 0.238. The first-order valence-electron chi connectivity index (χ1n) is 7.67. The Balaban J connectivity index is 2.32. The van der Waals surface area contributed by atoms with Gasteiger partial charge in [-0.05, 0) is 46.0 Å². The Bertz CT molecular complexity index is 751. The number of hydrogen-bond donors (Lipinski definition) is 0. The summed E-state index contributed by atoms with van der Waals surface area (Å²) < 4.78 is 0. The number of unbranched alkanes of at least 4 members (excludes halogenated alkanes) is 1. The van der Waals surface area contributed by atoms with Crippen LogP contribution in [0.15, 0.2) is 54.6 Å². The summed E-state index contributed by atoms with van der Waals surface area (Å²) in [5.74, 6) is 2.87. The normalized spacial score (nSPS) is 12.4. The third-order valence-corrected chi connectivity index (χ3v) is 4.18. The predicted octanol–water partition coefficient (Wildman–Crippen LogP) is 5.86. The molecule has 0 saturated carbocycles. The molecule has 1 atom stereocenters. The van der Waals surface area contributed by atoms with E-state index in [2.05, 4.69) is 67.4 Å². The molecule has 0 nitrogen and oxygen atoms in total. The van der Waals surface area contributed by atoms with Crippen molar-refractivity contribution in [3.63, 3.8) is 0 Å². The van der Waals surface area contributed by atoms with E-state index in [0.717, 1.165) is 19.3 Å². The van der Waals surface area contributed by atoms with Crippen LogP contribution in [0.25, 0.3) is 21.5 Å². The lowest BCUT2D eigenvalue weighted by molar-refractivity contribution is 0.681. The molecule has 0 aliphatic heterocycles. The molecule has 0 heterocycles. The first kappa shape index (κ1) is 13.7.